The first-order valence-corrected chi connectivity index (χ1v) is 3.15. The lowest BCUT2D eigenvalue weighted by Crippen LogP contribution is -2.22. The van der Waals surface area contributed by atoms with Crippen LogP contribution in [-0.2, 0) is 0 Å². The summed E-state index contributed by atoms with van der Waals surface area (Å²) in [6.07, 6.45) is 1.38. The first kappa shape index (κ1) is 6.65. The van der Waals surface area contributed by atoms with Crippen molar-refractivity contribution < 1.29 is 5.21 Å². The van der Waals surface area contributed by atoms with Crippen molar-refractivity contribution in [1.29, 1.82) is 5.41 Å². The van der Waals surface area contributed by atoms with Gasteiger partial charge in [0.2, 0.25) is 5.95 Å². The fraction of sp³-hybridized carbons (Fsp3) is 0. The van der Waals surface area contributed by atoms with Crippen LogP contribution in [-0.4, -0.2) is 24.9 Å². The molecule has 2 heterocycles. The molecule has 0 aliphatic heterocycles. The largest absolute Gasteiger partial charge is 0.423 e. The van der Waals surface area contributed by atoms with Crippen molar-refractivity contribution in [2.45, 2.75) is 0 Å². The van der Waals surface area contributed by atoms with Gasteiger partial charge in [0.15, 0.2) is 11.1 Å². The lowest BCUT2D eigenvalue weighted by Gasteiger charge is -1.99. The van der Waals surface area contributed by atoms with E-state index in [9.17, 15) is 0 Å². The van der Waals surface area contributed by atoms with Gasteiger partial charge in [0.25, 0.3) is 0 Å². The van der Waals surface area contributed by atoms with Crippen molar-refractivity contribution in [3.05, 3.63) is 11.8 Å². The third-order valence-corrected chi connectivity index (χ3v) is 1.51. The zero-order valence-electron chi connectivity index (χ0n) is 5.94. The van der Waals surface area contributed by atoms with E-state index in [0.29, 0.717) is 15.9 Å². The van der Waals surface area contributed by atoms with Crippen LogP contribution in [0.5, 0.6) is 0 Å². The number of aromatic nitrogens is 4. The molecule has 0 amide bonds. The Bertz CT molecular complexity index is 482. The van der Waals surface area contributed by atoms with E-state index in [0.717, 1.165) is 0 Å². The van der Waals surface area contributed by atoms with Gasteiger partial charge in [-0.05, 0) is 0 Å². The van der Waals surface area contributed by atoms with Crippen molar-refractivity contribution in [3.63, 3.8) is 0 Å². The summed E-state index contributed by atoms with van der Waals surface area (Å²) >= 11 is 0. The summed E-state index contributed by atoms with van der Waals surface area (Å²) in [7, 11) is 0. The summed E-state index contributed by atoms with van der Waals surface area (Å²) in [6, 6.07) is 0. The van der Waals surface area contributed by atoms with E-state index in [1.807, 2.05) is 0 Å². The second-order valence-corrected chi connectivity index (χ2v) is 2.23. The van der Waals surface area contributed by atoms with Crippen molar-refractivity contribution in [2.24, 2.45) is 0 Å². The molecule has 0 spiro atoms. The lowest BCUT2D eigenvalue weighted by atomic mass is 10.5. The molecular weight excluding hydrogens is 160 g/mol. The van der Waals surface area contributed by atoms with Gasteiger partial charge in [-0.1, -0.05) is 0 Å². The van der Waals surface area contributed by atoms with Crippen LogP contribution in [0.1, 0.15) is 0 Å². The van der Waals surface area contributed by atoms with Gasteiger partial charge < -0.3 is 15.9 Å². The smallest absolute Gasteiger partial charge is 0.238 e. The monoisotopic (exact) mass is 166 g/mol. The average Bonchev–Trinajstić information content (AvgIpc) is 2.48. The first-order valence-electron chi connectivity index (χ1n) is 3.15. The molecule has 0 saturated carbocycles. The van der Waals surface area contributed by atoms with E-state index in [4.69, 9.17) is 16.4 Å². The van der Waals surface area contributed by atoms with Gasteiger partial charge in [-0.3, -0.25) is 5.41 Å². The molecule has 2 aromatic rings. The number of nitrogens with two attached hydrogens (primary N) is 1. The highest BCUT2D eigenvalue weighted by Gasteiger charge is 2.05. The van der Waals surface area contributed by atoms with Crippen LogP contribution in [0.2, 0.25) is 0 Å². The van der Waals surface area contributed by atoms with E-state index in [-0.39, 0.29) is 11.4 Å². The molecule has 0 saturated heterocycles. The second kappa shape index (κ2) is 1.97. The second-order valence-electron chi connectivity index (χ2n) is 2.23. The van der Waals surface area contributed by atoms with E-state index >= 15 is 0 Å². The van der Waals surface area contributed by atoms with Crippen LogP contribution < -0.4 is 11.2 Å². The summed E-state index contributed by atoms with van der Waals surface area (Å²) in [5.74, 6) is -0.153. The van der Waals surface area contributed by atoms with E-state index in [1.165, 1.54) is 6.33 Å². The first-order chi connectivity index (χ1) is 5.70. The SMILES string of the molecule is N=c1c2[nH]cnc2nc(N)n1O. The number of hydrogen-bond acceptors (Lipinski definition) is 5. The molecule has 0 bridgehead atoms. The fourth-order valence-electron chi connectivity index (χ4n) is 0.922. The number of rotatable bonds is 0. The Labute approximate surface area is 66.0 Å². The quantitative estimate of drug-likeness (QED) is 0.378. The van der Waals surface area contributed by atoms with Crippen molar-refractivity contribution in [2.75, 3.05) is 5.73 Å². The Morgan fingerprint density at radius 2 is 2.42 bits per heavy atom. The maximum Gasteiger partial charge on any atom is 0.238 e. The molecule has 0 unspecified atom stereocenters. The molecule has 0 aliphatic rings. The Balaban J connectivity index is 3.05. The summed E-state index contributed by atoms with van der Waals surface area (Å²) in [4.78, 5) is 10.2. The number of fused-ring (bicyclic) bond motifs is 1. The van der Waals surface area contributed by atoms with Crippen molar-refractivity contribution in [3.8, 4) is 0 Å². The number of nitrogen functional groups attached to an aromatic ring is 1. The minimum Gasteiger partial charge on any atom is -0.423 e. The average molecular weight is 166 g/mol. The third-order valence-electron chi connectivity index (χ3n) is 1.51. The number of aromatic amines is 1. The number of nitrogens with zero attached hydrogens (tertiary/aromatic N) is 3. The molecule has 7 nitrogen and oxygen atoms in total. The van der Waals surface area contributed by atoms with Crippen molar-refractivity contribution >= 4 is 17.1 Å². The van der Waals surface area contributed by atoms with E-state index < -0.39 is 0 Å². The van der Waals surface area contributed by atoms with Gasteiger partial charge in [0, 0.05) is 0 Å². The number of anilines is 1. The minimum absolute atomic E-state index is 0.153. The molecule has 12 heavy (non-hydrogen) atoms. The van der Waals surface area contributed by atoms with Gasteiger partial charge in [0.05, 0.1) is 6.33 Å². The molecule has 5 N–H and O–H groups in total. The predicted molar refractivity (Wildman–Crippen MR) is 39.3 cm³/mol. The molecular formula is C5H6N6O. The van der Waals surface area contributed by atoms with E-state index in [2.05, 4.69) is 15.0 Å². The lowest BCUT2D eigenvalue weighted by molar-refractivity contribution is 0.176. The maximum absolute atomic E-state index is 9.12. The number of imidazole rings is 1. The Kier molecular flexibility index (Phi) is 1.09. The van der Waals surface area contributed by atoms with Crippen LogP contribution >= 0.6 is 0 Å². The molecule has 0 fully saturated rings. The standard InChI is InChI=1S/C5H6N6O/c6-3-2-4(9-1-8-2)10-5(7)11(3)12/h1,6,12H,(H2,7,10)(H,8,9). The number of hydrogen-bond donors (Lipinski definition) is 4. The van der Waals surface area contributed by atoms with Crippen LogP contribution in [0.15, 0.2) is 6.33 Å². The summed E-state index contributed by atoms with van der Waals surface area (Å²) in [5, 5.41) is 16.5. The maximum atomic E-state index is 9.12. The van der Waals surface area contributed by atoms with Gasteiger partial charge in [-0.15, -0.1) is 4.73 Å². The molecule has 2 rings (SSSR count). The van der Waals surface area contributed by atoms with Crippen LogP contribution in [0, 0.1) is 5.41 Å². The van der Waals surface area contributed by atoms with Crippen LogP contribution in [0.3, 0.4) is 0 Å². The molecule has 62 valence electrons. The van der Waals surface area contributed by atoms with Gasteiger partial charge >= 0.3 is 0 Å². The van der Waals surface area contributed by atoms with Gasteiger partial charge in [-0.25, -0.2) is 4.98 Å². The zero-order chi connectivity index (χ0) is 8.72. The van der Waals surface area contributed by atoms with Crippen LogP contribution in [0.25, 0.3) is 11.2 Å². The Hall–Kier alpha value is -2.05. The molecule has 2 aromatic heterocycles. The van der Waals surface area contributed by atoms with Crippen LogP contribution in [0.4, 0.5) is 5.95 Å². The highest BCUT2D eigenvalue weighted by molar-refractivity contribution is 5.68. The molecule has 0 aliphatic carbocycles. The zero-order valence-corrected chi connectivity index (χ0v) is 5.94. The van der Waals surface area contributed by atoms with Gasteiger partial charge in [-0.2, -0.15) is 4.98 Å². The van der Waals surface area contributed by atoms with Crippen molar-refractivity contribution in [1.82, 2.24) is 19.7 Å². The van der Waals surface area contributed by atoms with Gasteiger partial charge in [0.1, 0.15) is 5.52 Å². The fourth-order valence-corrected chi connectivity index (χ4v) is 0.922. The summed E-state index contributed by atoms with van der Waals surface area (Å²) in [5.41, 5.74) is 5.79. The van der Waals surface area contributed by atoms with E-state index in [1.54, 1.807) is 0 Å². The topological polar surface area (TPSA) is 117 Å². The molecule has 0 atom stereocenters. The predicted octanol–water partition coefficient (Wildman–Crippen LogP) is -0.942. The minimum atomic E-state index is -0.157. The highest BCUT2D eigenvalue weighted by atomic mass is 16.5. The highest BCUT2D eigenvalue weighted by Crippen LogP contribution is 2.00. The third kappa shape index (κ3) is 0.669. The molecule has 0 aromatic carbocycles. The number of nitrogens with one attached hydrogen (secondary N) is 2. The molecule has 7 heteroatoms. The summed E-state index contributed by atoms with van der Waals surface area (Å²) in [6.45, 7) is 0. The number of H-pyrrole nitrogens is 1. The summed E-state index contributed by atoms with van der Waals surface area (Å²) < 4.78 is 0.487. The molecule has 0 radical (unpaired) electrons. The Morgan fingerprint density at radius 1 is 1.67 bits per heavy atom. The normalized spacial score (nSPS) is 10.7. The Morgan fingerprint density at radius 3 is 3.17 bits per heavy atom.